The van der Waals surface area contributed by atoms with E-state index in [1.807, 2.05) is 12.2 Å². The fourth-order valence-corrected chi connectivity index (χ4v) is 1.16. The monoisotopic (exact) mass is 206 g/mol. The van der Waals surface area contributed by atoms with Crippen molar-refractivity contribution in [3.05, 3.63) is 36.5 Å². The lowest BCUT2D eigenvalue weighted by Crippen LogP contribution is -2.34. The van der Waals surface area contributed by atoms with Gasteiger partial charge in [-0.3, -0.25) is 9.59 Å². The van der Waals surface area contributed by atoms with Gasteiger partial charge in [0.15, 0.2) is 0 Å². The highest BCUT2D eigenvalue weighted by Crippen LogP contribution is 2.09. The Balaban J connectivity index is 2.12. The molecule has 0 atom stereocenters. The minimum atomic E-state index is -0.231. The van der Waals surface area contributed by atoms with Gasteiger partial charge in [0.25, 0.3) is 0 Å². The van der Waals surface area contributed by atoms with Crippen LogP contribution in [0.15, 0.2) is 36.5 Å². The van der Waals surface area contributed by atoms with Crippen molar-refractivity contribution in [3.8, 4) is 0 Å². The number of allylic oxidation sites excluding steroid dienone is 3. The standard InChI is InChI=1S/C11H14N2O2/c1-2-10(14)12-7-8-13-11(15)9-5-3-4-6-9/h2-5H,1,6-8H2,(H,12,14)(H,13,15). The summed E-state index contributed by atoms with van der Waals surface area (Å²) >= 11 is 0. The summed E-state index contributed by atoms with van der Waals surface area (Å²) in [5.74, 6) is -0.307. The van der Waals surface area contributed by atoms with Gasteiger partial charge >= 0.3 is 0 Å². The van der Waals surface area contributed by atoms with E-state index < -0.39 is 0 Å². The molecule has 0 heterocycles. The van der Waals surface area contributed by atoms with Gasteiger partial charge in [-0.15, -0.1) is 0 Å². The van der Waals surface area contributed by atoms with Gasteiger partial charge in [0.1, 0.15) is 0 Å². The minimum Gasteiger partial charge on any atom is -0.351 e. The molecule has 1 rings (SSSR count). The summed E-state index contributed by atoms with van der Waals surface area (Å²) in [4.78, 5) is 22.2. The first-order chi connectivity index (χ1) is 7.24. The molecule has 0 unspecified atom stereocenters. The summed E-state index contributed by atoms with van der Waals surface area (Å²) in [7, 11) is 0. The number of rotatable bonds is 5. The van der Waals surface area contributed by atoms with Crippen molar-refractivity contribution in [1.29, 1.82) is 0 Å². The molecular formula is C11H14N2O2. The van der Waals surface area contributed by atoms with Crippen LogP contribution in [-0.2, 0) is 9.59 Å². The van der Waals surface area contributed by atoms with Crippen molar-refractivity contribution in [2.24, 2.45) is 0 Å². The molecule has 1 aliphatic rings. The van der Waals surface area contributed by atoms with Crippen molar-refractivity contribution in [2.45, 2.75) is 6.42 Å². The fraction of sp³-hybridized carbons (Fsp3) is 0.273. The van der Waals surface area contributed by atoms with Crippen molar-refractivity contribution in [3.63, 3.8) is 0 Å². The molecule has 0 aromatic heterocycles. The molecule has 0 aliphatic heterocycles. The van der Waals surface area contributed by atoms with E-state index in [2.05, 4.69) is 17.2 Å². The normalized spacial score (nSPS) is 13.2. The molecule has 0 saturated carbocycles. The van der Waals surface area contributed by atoms with Crippen LogP contribution in [0.3, 0.4) is 0 Å². The number of carbonyl (C=O) groups excluding carboxylic acids is 2. The zero-order valence-electron chi connectivity index (χ0n) is 8.45. The quantitative estimate of drug-likeness (QED) is 0.502. The maximum atomic E-state index is 11.4. The number of hydrogen-bond donors (Lipinski definition) is 2. The highest BCUT2D eigenvalue weighted by molar-refractivity contribution is 5.94. The maximum absolute atomic E-state index is 11.4. The lowest BCUT2D eigenvalue weighted by Gasteiger charge is -2.05. The van der Waals surface area contributed by atoms with E-state index in [1.165, 1.54) is 6.08 Å². The first-order valence-electron chi connectivity index (χ1n) is 4.78. The first-order valence-corrected chi connectivity index (χ1v) is 4.78. The number of nitrogens with one attached hydrogen (secondary N) is 2. The molecule has 0 aromatic carbocycles. The van der Waals surface area contributed by atoms with Gasteiger partial charge in [-0.05, 0) is 12.5 Å². The Morgan fingerprint density at radius 1 is 1.40 bits per heavy atom. The summed E-state index contributed by atoms with van der Waals surface area (Å²) in [5, 5.41) is 5.28. The van der Waals surface area contributed by atoms with Crippen LogP contribution < -0.4 is 10.6 Å². The number of amides is 2. The van der Waals surface area contributed by atoms with Crippen LogP contribution in [0.4, 0.5) is 0 Å². The molecule has 2 amide bonds. The highest BCUT2D eigenvalue weighted by atomic mass is 16.2. The zero-order chi connectivity index (χ0) is 11.1. The molecule has 15 heavy (non-hydrogen) atoms. The van der Waals surface area contributed by atoms with E-state index in [0.29, 0.717) is 19.5 Å². The van der Waals surface area contributed by atoms with Gasteiger partial charge in [-0.25, -0.2) is 0 Å². The van der Waals surface area contributed by atoms with E-state index in [-0.39, 0.29) is 11.8 Å². The second-order valence-electron chi connectivity index (χ2n) is 3.08. The number of carbonyl (C=O) groups is 2. The van der Waals surface area contributed by atoms with Crippen LogP contribution in [0.25, 0.3) is 0 Å². The third-order valence-electron chi connectivity index (χ3n) is 1.96. The minimum absolute atomic E-state index is 0.0761. The molecular weight excluding hydrogens is 192 g/mol. The van der Waals surface area contributed by atoms with E-state index in [9.17, 15) is 9.59 Å². The van der Waals surface area contributed by atoms with Gasteiger partial charge in [-0.2, -0.15) is 0 Å². The Morgan fingerprint density at radius 2 is 2.13 bits per heavy atom. The topological polar surface area (TPSA) is 58.2 Å². The van der Waals surface area contributed by atoms with Gasteiger partial charge in [0.2, 0.25) is 11.8 Å². The van der Waals surface area contributed by atoms with E-state index >= 15 is 0 Å². The molecule has 0 aromatic rings. The Labute approximate surface area is 88.7 Å². The van der Waals surface area contributed by atoms with E-state index in [1.54, 1.807) is 6.08 Å². The molecule has 0 spiro atoms. The van der Waals surface area contributed by atoms with Crippen molar-refractivity contribution in [2.75, 3.05) is 13.1 Å². The van der Waals surface area contributed by atoms with Gasteiger partial charge in [-0.1, -0.05) is 24.8 Å². The van der Waals surface area contributed by atoms with Crippen LogP contribution in [0, 0.1) is 0 Å². The average molecular weight is 206 g/mol. The van der Waals surface area contributed by atoms with Gasteiger partial charge in [0, 0.05) is 18.7 Å². The van der Waals surface area contributed by atoms with Crippen LogP contribution >= 0.6 is 0 Å². The fourth-order valence-electron chi connectivity index (χ4n) is 1.16. The molecule has 4 nitrogen and oxygen atoms in total. The number of hydrogen-bond acceptors (Lipinski definition) is 2. The van der Waals surface area contributed by atoms with E-state index in [0.717, 1.165) is 5.57 Å². The lowest BCUT2D eigenvalue weighted by atomic mass is 10.2. The SMILES string of the molecule is C=CC(=O)NCCNC(=O)C1=CC=CC1. The predicted molar refractivity (Wildman–Crippen MR) is 58.1 cm³/mol. The predicted octanol–water partition coefficient (Wildman–Crippen LogP) is 0.291. The van der Waals surface area contributed by atoms with Gasteiger partial charge in [0.05, 0.1) is 0 Å². The molecule has 0 saturated heterocycles. The Bertz CT molecular complexity index is 329. The van der Waals surface area contributed by atoms with Crippen LogP contribution in [0.2, 0.25) is 0 Å². The molecule has 2 N–H and O–H groups in total. The largest absolute Gasteiger partial charge is 0.351 e. The first kappa shape index (κ1) is 11.2. The molecule has 0 fully saturated rings. The Kier molecular flexibility index (Phi) is 4.34. The third kappa shape index (κ3) is 3.81. The van der Waals surface area contributed by atoms with Crippen LogP contribution in [-0.4, -0.2) is 24.9 Å². The second-order valence-corrected chi connectivity index (χ2v) is 3.08. The summed E-state index contributed by atoms with van der Waals surface area (Å²) in [6.07, 6.45) is 7.45. The molecule has 1 aliphatic carbocycles. The smallest absolute Gasteiger partial charge is 0.247 e. The summed E-state index contributed by atoms with van der Waals surface area (Å²) < 4.78 is 0. The third-order valence-corrected chi connectivity index (χ3v) is 1.96. The molecule has 0 bridgehead atoms. The van der Waals surface area contributed by atoms with Crippen LogP contribution in [0.1, 0.15) is 6.42 Å². The lowest BCUT2D eigenvalue weighted by molar-refractivity contribution is -0.118. The second kappa shape index (κ2) is 5.80. The van der Waals surface area contributed by atoms with Crippen LogP contribution in [0.5, 0.6) is 0 Å². The Morgan fingerprint density at radius 3 is 2.73 bits per heavy atom. The van der Waals surface area contributed by atoms with Crippen molar-refractivity contribution in [1.82, 2.24) is 10.6 Å². The van der Waals surface area contributed by atoms with Crippen molar-refractivity contribution < 1.29 is 9.59 Å². The maximum Gasteiger partial charge on any atom is 0.247 e. The molecule has 4 heteroatoms. The highest BCUT2D eigenvalue weighted by Gasteiger charge is 2.08. The zero-order valence-corrected chi connectivity index (χ0v) is 8.45. The molecule has 80 valence electrons. The van der Waals surface area contributed by atoms with Gasteiger partial charge < -0.3 is 10.6 Å². The molecule has 0 radical (unpaired) electrons. The summed E-state index contributed by atoms with van der Waals surface area (Å²) in [6.45, 7) is 4.16. The average Bonchev–Trinajstić information content (AvgIpc) is 2.77. The Hall–Kier alpha value is -1.84. The summed E-state index contributed by atoms with van der Waals surface area (Å²) in [6, 6.07) is 0. The van der Waals surface area contributed by atoms with E-state index in [4.69, 9.17) is 0 Å². The summed E-state index contributed by atoms with van der Waals surface area (Å²) in [5.41, 5.74) is 0.755. The van der Waals surface area contributed by atoms with Crippen molar-refractivity contribution >= 4 is 11.8 Å².